The number of nitrogens with zero attached hydrogens (tertiary/aromatic N) is 1. The van der Waals surface area contributed by atoms with Crippen molar-refractivity contribution in [2.75, 3.05) is 12.4 Å². The molecule has 2 aromatic carbocycles. The average molecular weight is 350 g/mol. The fourth-order valence-corrected chi connectivity index (χ4v) is 2.66. The van der Waals surface area contributed by atoms with Gasteiger partial charge in [-0.15, -0.1) is 0 Å². The average Bonchev–Trinajstić information content (AvgIpc) is 3.27. The number of nitrogens with one attached hydrogen (secondary N) is 3. The van der Waals surface area contributed by atoms with Crippen molar-refractivity contribution < 1.29 is 14.1 Å². The Balaban J connectivity index is 1.58. The van der Waals surface area contributed by atoms with Gasteiger partial charge < -0.3 is 24.5 Å². The molecule has 26 heavy (non-hydrogen) atoms. The van der Waals surface area contributed by atoms with Crippen LogP contribution in [0.5, 0.6) is 5.75 Å². The summed E-state index contributed by atoms with van der Waals surface area (Å²) in [6.07, 6.45) is 0. The van der Waals surface area contributed by atoms with Gasteiger partial charge in [0.15, 0.2) is 11.5 Å². The lowest BCUT2D eigenvalue weighted by molar-refractivity contribution is 0.101. The van der Waals surface area contributed by atoms with Gasteiger partial charge in [0.1, 0.15) is 5.75 Å². The van der Waals surface area contributed by atoms with Gasteiger partial charge in [-0.05, 0) is 30.3 Å². The Morgan fingerprint density at radius 2 is 1.92 bits per heavy atom. The van der Waals surface area contributed by atoms with Crippen LogP contribution in [0.4, 0.5) is 5.69 Å². The van der Waals surface area contributed by atoms with Crippen LogP contribution in [0.15, 0.2) is 57.8 Å². The van der Waals surface area contributed by atoms with Crippen molar-refractivity contribution in [3.8, 4) is 17.1 Å². The summed E-state index contributed by atoms with van der Waals surface area (Å²) in [5, 5.41) is 6.55. The summed E-state index contributed by atoms with van der Waals surface area (Å²) >= 11 is 0. The molecule has 0 bridgehead atoms. The number of ether oxygens (including phenoxy) is 1. The minimum Gasteiger partial charge on any atom is -0.496 e. The first-order valence-corrected chi connectivity index (χ1v) is 7.77. The van der Waals surface area contributed by atoms with Crippen LogP contribution in [0.25, 0.3) is 22.4 Å². The molecule has 0 fully saturated rings. The Hall–Kier alpha value is -3.81. The van der Waals surface area contributed by atoms with E-state index in [-0.39, 0.29) is 11.4 Å². The van der Waals surface area contributed by atoms with Gasteiger partial charge in [0.05, 0.1) is 23.7 Å². The molecule has 0 spiro atoms. The first-order chi connectivity index (χ1) is 12.6. The molecule has 8 nitrogen and oxygen atoms in total. The van der Waals surface area contributed by atoms with Crippen LogP contribution in [0, 0.1) is 0 Å². The largest absolute Gasteiger partial charge is 0.496 e. The van der Waals surface area contributed by atoms with Gasteiger partial charge in [-0.1, -0.05) is 17.3 Å². The first-order valence-electron chi connectivity index (χ1n) is 7.77. The molecule has 0 saturated carbocycles. The number of hydrogen-bond donors (Lipinski definition) is 3. The van der Waals surface area contributed by atoms with Crippen molar-refractivity contribution in [1.82, 2.24) is 15.1 Å². The molecule has 2 aromatic heterocycles. The van der Waals surface area contributed by atoms with E-state index in [1.165, 1.54) is 0 Å². The second-order valence-electron chi connectivity index (χ2n) is 5.57. The second kappa shape index (κ2) is 6.25. The van der Waals surface area contributed by atoms with Crippen LogP contribution in [0.2, 0.25) is 0 Å². The SMILES string of the molecule is COc1ccccc1-c1cc(C(=O)Nc2ccc3[nH]c(=O)[nH]c3c2)no1. The molecule has 0 aliphatic heterocycles. The van der Waals surface area contributed by atoms with E-state index >= 15 is 0 Å². The highest BCUT2D eigenvalue weighted by atomic mass is 16.5. The topological polar surface area (TPSA) is 113 Å². The number of aromatic amines is 2. The molecule has 130 valence electrons. The molecule has 8 heteroatoms. The number of rotatable bonds is 4. The summed E-state index contributed by atoms with van der Waals surface area (Å²) in [6.45, 7) is 0. The lowest BCUT2D eigenvalue weighted by atomic mass is 10.1. The summed E-state index contributed by atoms with van der Waals surface area (Å²) in [5.41, 5.74) is 2.32. The highest BCUT2D eigenvalue weighted by Crippen LogP contribution is 2.30. The maximum absolute atomic E-state index is 12.4. The molecular formula is C18H14N4O4. The van der Waals surface area contributed by atoms with Crippen LogP contribution in [0.1, 0.15) is 10.5 Å². The zero-order valence-corrected chi connectivity index (χ0v) is 13.7. The molecule has 0 unspecified atom stereocenters. The normalized spacial score (nSPS) is 10.8. The zero-order valence-electron chi connectivity index (χ0n) is 13.7. The number of imidazole rings is 1. The Kier molecular flexibility index (Phi) is 3.77. The standard InChI is InChI=1S/C18H14N4O4/c1-25-15-5-3-2-4-11(15)16-9-14(22-26-16)17(23)19-10-6-7-12-13(8-10)21-18(24)20-12/h2-9H,1H3,(H,19,23)(H2,20,21,24). The van der Waals surface area contributed by atoms with Crippen LogP contribution in [-0.2, 0) is 0 Å². The summed E-state index contributed by atoms with van der Waals surface area (Å²) in [5.74, 6) is 0.627. The van der Waals surface area contributed by atoms with Gasteiger partial charge in [-0.3, -0.25) is 4.79 Å². The number of para-hydroxylation sites is 1. The number of benzene rings is 2. The van der Waals surface area contributed by atoms with Gasteiger partial charge >= 0.3 is 5.69 Å². The van der Waals surface area contributed by atoms with E-state index < -0.39 is 5.91 Å². The van der Waals surface area contributed by atoms with E-state index in [2.05, 4.69) is 20.4 Å². The number of amides is 1. The summed E-state index contributed by atoms with van der Waals surface area (Å²) in [7, 11) is 1.56. The van der Waals surface area contributed by atoms with E-state index in [4.69, 9.17) is 9.26 Å². The Morgan fingerprint density at radius 3 is 2.77 bits per heavy atom. The Labute approximate surface area is 146 Å². The summed E-state index contributed by atoms with van der Waals surface area (Å²) < 4.78 is 10.6. The molecule has 0 aliphatic carbocycles. The smallest absolute Gasteiger partial charge is 0.323 e. The third-order valence-electron chi connectivity index (χ3n) is 3.89. The highest BCUT2D eigenvalue weighted by molar-refractivity contribution is 6.04. The van der Waals surface area contributed by atoms with Crippen LogP contribution in [0.3, 0.4) is 0 Å². The van der Waals surface area contributed by atoms with E-state index in [1.54, 1.807) is 37.4 Å². The van der Waals surface area contributed by atoms with Crippen molar-refractivity contribution in [2.24, 2.45) is 0 Å². The van der Waals surface area contributed by atoms with Gasteiger partial charge in [-0.2, -0.15) is 0 Å². The number of carbonyl (C=O) groups excluding carboxylic acids is 1. The minimum atomic E-state index is -0.424. The lowest BCUT2D eigenvalue weighted by Crippen LogP contribution is -2.12. The quantitative estimate of drug-likeness (QED) is 0.524. The van der Waals surface area contributed by atoms with Crippen molar-refractivity contribution in [3.05, 3.63) is 64.7 Å². The van der Waals surface area contributed by atoms with E-state index in [9.17, 15) is 9.59 Å². The lowest BCUT2D eigenvalue weighted by Gasteiger charge is -2.03. The van der Waals surface area contributed by atoms with Crippen LogP contribution < -0.4 is 15.7 Å². The third kappa shape index (κ3) is 2.84. The number of methoxy groups -OCH3 is 1. The fourth-order valence-electron chi connectivity index (χ4n) is 2.66. The molecule has 3 N–H and O–H groups in total. The summed E-state index contributed by atoms with van der Waals surface area (Å²) in [6, 6.07) is 13.9. The molecule has 4 rings (SSSR count). The number of aromatic nitrogens is 3. The third-order valence-corrected chi connectivity index (χ3v) is 3.89. The summed E-state index contributed by atoms with van der Waals surface area (Å²) in [4.78, 5) is 29.0. The number of anilines is 1. The first kappa shape index (κ1) is 15.7. The van der Waals surface area contributed by atoms with Gasteiger partial charge in [-0.25, -0.2) is 4.79 Å². The fraction of sp³-hybridized carbons (Fsp3) is 0.0556. The van der Waals surface area contributed by atoms with Gasteiger partial charge in [0, 0.05) is 11.8 Å². The Morgan fingerprint density at radius 1 is 1.12 bits per heavy atom. The molecule has 1 amide bonds. The zero-order chi connectivity index (χ0) is 18.1. The Bertz CT molecular complexity index is 1160. The van der Waals surface area contributed by atoms with Crippen molar-refractivity contribution >= 4 is 22.6 Å². The van der Waals surface area contributed by atoms with E-state index in [1.807, 2.05) is 18.2 Å². The minimum absolute atomic E-state index is 0.133. The molecule has 0 radical (unpaired) electrons. The predicted octanol–water partition coefficient (Wildman–Crippen LogP) is 2.77. The molecule has 4 aromatic rings. The van der Waals surface area contributed by atoms with Crippen molar-refractivity contribution in [3.63, 3.8) is 0 Å². The molecule has 0 saturated heterocycles. The van der Waals surface area contributed by atoms with Crippen molar-refractivity contribution in [1.29, 1.82) is 0 Å². The maximum atomic E-state index is 12.4. The van der Waals surface area contributed by atoms with E-state index in [0.29, 0.717) is 33.8 Å². The molecule has 0 aliphatic rings. The van der Waals surface area contributed by atoms with Crippen LogP contribution >= 0.6 is 0 Å². The number of hydrogen-bond acceptors (Lipinski definition) is 5. The van der Waals surface area contributed by atoms with Crippen molar-refractivity contribution in [2.45, 2.75) is 0 Å². The highest BCUT2D eigenvalue weighted by Gasteiger charge is 2.16. The van der Waals surface area contributed by atoms with Gasteiger partial charge in [0.2, 0.25) is 0 Å². The number of H-pyrrole nitrogens is 2. The number of carbonyl (C=O) groups is 1. The van der Waals surface area contributed by atoms with Crippen LogP contribution in [-0.4, -0.2) is 28.1 Å². The van der Waals surface area contributed by atoms with Gasteiger partial charge in [0.25, 0.3) is 5.91 Å². The van der Waals surface area contributed by atoms with E-state index in [0.717, 1.165) is 0 Å². The molecule has 2 heterocycles. The monoisotopic (exact) mass is 350 g/mol. The molecule has 0 atom stereocenters. The molecular weight excluding hydrogens is 336 g/mol. The number of fused-ring (bicyclic) bond motifs is 1. The second-order valence-corrected chi connectivity index (χ2v) is 5.57. The predicted molar refractivity (Wildman–Crippen MR) is 95.4 cm³/mol. The maximum Gasteiger partial charge on any atom is 0.323 e.